The molecule has 2 aliphatic rings. The first-order valence-electron chi connectivity index (χ1n) is 13.1. The number of fused-ring (bicyclic) bond motifs is 3. The van der Waals surface area contributed by atoms with Crippen molar-refractivity contribution >= 4 is 30.1 Å². The molecule has 1 aromatic heterocycles. The molecule has 2 atom stereocenters. The number of allylic oxidation sites excluding steroid dienone is 1. The third-order valence-electron chi connectivity index (χ3n) is 6.84. The van der Waals surface area contributed by atoms with Crippen LogP contribution in [0.25, 0.3) is 0 Å². The van der Waals surface area contributed by atoms with Crippen LogP contribution in [0, 0.1) is 11.7 Å². The van der Waals surface area contributed by atoms with E-state index in [1.54, 1.807) is 51.9 Å². The van der Waals surface area contributed by atoms with Crippen molar-refractivity contribution < 1.29 is 13.9 Å². The highest BCUT2D eigenvalue weighted by Crippen LogP contribution is 2.37. The molecule has 1 aromatic carbocycles. The minimum Gasteiger partial charge on any atom is -0.482 e. The number of nitrogens with one attached hydrogen (secondary N) is 1. The summed E-state index contributed by atoms with van der Waals surface area (Å²) >= 11 is 3.53. The second-order valence-electron chi connectivity index (χ2n) is 10.0. The highest BCUT2D eigenvalue weighted by molar-refractivity contribution is 7.79. The summed E-state index contributed by atoms with van der Waals surface area (Å²) in [6.45, 7) is 2.41. The van der Waals surface area contributed by atoms with E-state index in [9.17, 15) is 9.18 Å². The Morgan fingerprint density at radius 1 is 1.27 bits per heavy atom. The second-order valence-corrected chi connectivity index (χ2v) is 10.0. The van der Waals surface area contributed by atoms with Crippen molar-refractivity contribution in [3.05, 3.63) is 76.0 Å². The van der Waals surface area contributed by atoms with Crippen molar-refractivity contribution in [3.63, 3.8) is 0 Å². The van der Waals surface area contributed by atoms with E-state index < -0.39 is 18.0 Å². The number of carbonyl (C=O) groups excluding carboxylic acids is 1. The number of nitrogens with zero attached hydrogens (tertiary/aromatic N) is 3. The summed E-state index contributed by atoms with van der Waals surface area (Å²) < 4.78 is 20.6. The largest absolute Gasteiger partial charge is 0.482 e. The number of rotatable bonds is 4. The highest BCUT2D eigenvalue weighted by atomic mass is 32.1. The Kier molecular flexibility index (Phi) is 10.6. The van der Waals surface area contributed by atoms with Gasteiger partial charge < -0.3 is 32.2 Å². The van der Waals surface area contributed by atoms with E-state index in [1.165, 1.54) is 17.0 Å². The van der Waals surface area contributed by atoms with Crippen LogP contribution in [0.4, 0.5) is 10.2 Å². The number of aromatic nitrogens is 1. The van der Waals surface area contributed by atoms with Gasteiger partial charge in [-0.3, -0.25) is 9.79 Å². The van der Waals surface area contributed by atoms with Crippen LogP contribution in [0.15, 0.2) is 58.5 Å². The van der Waals surface area contributed by atoms with Gasteiger partial charge in [0.2, 0.25) is 0 Å². The smallest absolute Gasteiger partial charge is 0.269 e. The van der Waals surface area contributed by atoms with Crippen LogP contribution in [-0.2, 0) is 4.79 Å². The molecule has 0 saturated heterocycles. The summed E-state index contributed by atoms with van der Waals surface area (Å²) in [5.41, 5.74) is 23.3. The van der Waals surface area contributed by atoms with Crippen molar-refractivity contribution in [1.82, 2.24) is 15.2 Å². The molecule has 11 heteroatoms. The van der Waals surface area contributed by atoms with Gasteiger partial charge in [0.05, 0.1) is 11.8 Å². The summed E-state index contributed by atoms with van der Waals surface area (Å²) in [4.78, 5) is 23.9. The van der Waals surface area contributed by atoms with Crippen molar-refractivity contribution in [2.24, 2.45) is 22.4 Å². The minimum atomic E-state index is -0.653. The fourth-order valence-corrected chi connectivity index (χ4v) is 4.51. The maximum Gasteiger partial charge on any atom is 0.269 e. The van der Waals surface area contributed by atoms with Gasteiger partial charge in [0.25, 0.3) is 5.91 Å². The maximum atomic E-state index is 14.4. The molecular weight excluding hydrogens is 529 g/mol. The normalized spacial score (nSPS) is 22.1. The number of nitrogens with two attached hydrogens (primary N) is 3. The standard InChI is InChI=1S/C28H36FN7O2.CH4S/c1-15-21-11-19(29)7-8-20(21)24(30)17(13-33-2)9-22(25(31)28(37)36(3)4)26(34-12-16-5-6-16)18-10-23(38-15)27(32)35-14-18;1-2/h7-8,10-11,13-16,24,33H,5-6,9,12,30-31H2,1-4H3,(H2,32,35);2H,1H3/b17-13-,25-22-,34-26?;/t15-,24?;/m1./s1. The average Bonchev–Trinajstić information content (AvgIpc) is 3.77. The van der Waals surface area contributed by atoms with Gasteiger partial charge in [-0.1, -0.05) is 6.07 Å². The average molecular weight is 570 g/mol. The maximum absolute atomic E-state index is 14.4. The number of hydrogen-bond acceptors (Lipinski definition) is 9. The molecule has 1 saturated carbocycles. The van der Waals surface area contributed by atoms with Crippen molar-refractivity contribution in [3.8, 4) is 5.75 Å². The number of amides is 1. The van der Waals surface area contributed by atoms with E-state index in [0.29, 0.717) is 46.2 Å². The first-order valence-corrected chi connectivity index (χ1v) is 14.0. The molecule has 1 aliphatic heterocycles. The molecular formula is C29H40FN7O2S. The van der Waals surface area contributed by atoms with Gasteiger partial charge in [-0.2, -0.15) is 12.6 Å². The number of nitrogen functional groups attached to an aromatic ring is 1. The Morgan fingerprint density at radius 2 is 1.98 bits per heavy atom. The Balaban J connectivity index is 0.00000216. The third kappa shape index (κ3) is 7.14. The summed E-state index contributed by atoms with van der Waals surface area (Å²) in [6.07, 6.45) is 6.94. The lowest BCUT2D eigenvalue weighted by atomic mass is 9.86. The zero-order valence-corrected chi connectivity index (χ0v) is 24.6. The monoisotopic (exact) mass is 569 g/mol. The number of ether oxygens (including phenoxy) is 1. The van der Waals surface area contributed by atoms with E-state index in [-0.39, 0.29) is 23.8 Å². The topological polar surface area (TPSA) is 145 Å². The molecule has 2 aromatic rings. The van der Waals surface area contributed by atoms with Crippen LogP contribution < -0.4 is 27.3 Å². The molecule has 40 heavy (non-hydrogen) atoms. The zero-order valence-electron chi connectivity index (χ0n) is 23.7. The van der Waals surface area contributed by atoms with Crippen LogP contribution >= 0.6 is 12.6 Å². The predicted molar refractivity (Wildman–Crippen MR) is 162 cm³/mol. The molecule has 1 fully saturated rings. The molecule has 0 spiro atoms. The van der Waals surface area contributed by atoms with Crippen molar-refractivity contribution in [1.29, 1.82) is 0 Å². The fraction of sp³-hybridized carbons (Fsp3) is 0.414. The van der Waals surface area contributed by atoms with Gasteiger partial charge in [0.1, 0.15) is 17.6 Å². The summed E-state index contributed by atoms with van der Waals surface area (Å²) in [7, 11) is 5.05. The molecule has 4 rings (SSSR count). The SMILES string of the molecule is CN/C=C1/C/C(=C(/N)C(=O)N(C)C)C(=NCC2CC2)c2cnc(N)c(c2)O[C@H](C)c2cc(F)ccc2C1N.CS. The number of anilines is 1. The molecule has 216 valence electrons. The van der Waals surface area contributed by atoms with Gasteiger partial charge in [0.15, 0.2) is 11.6 Å². The lowest BCUT2D eigenvalue weighted by Gasteiger charge is -2.27. The van der Waals surface area contributed by atoms with Crippen molar-refractivity contribution in [2.75, 3.05) is 39.7 Å². The zero-order chi connectivity index (χ0) is 29.6. The molecule has 1 unspecified atom stereocenters. The number of likely N-dealkylation sites (N-methyl/N-ethyl adjacent to an activating group) is 1. The molecule has 7 N–H and O–H groups in total. The second kappa shape index (κ2) is 13.7. The first kappa shape index (κ1) is 31.0. The number of thiol groups is 1. The number of halogens is 1. The molecule has 2 bridgehead atoms. The van der Waals surface area contributed by atoms with E-state index in [4.69, 9.17) is 26.9 Å². The van der Waals surface area contributed by atoms with Gasteiger partial charge in [-0.05, 0) is 67.5 Å². The summed E-state index contributed by atoms with van der Waals surface area (Å²) in [5, 5.41) is 3.06. The van der Waals surface area contributed by atoms with Gasteiger partial charge >= 0.3 is 0 Å². The van der Waals surface area contributed by atoms with Crippen molar-refractivity contribution in [2.45, 2.75) is 38.3 Å². The van der Waals surface area contributed by atoms with Crippen LogP contribution in [-0.4, -0.2) is 55.4 Å². The number of benzene rings is 1. The molecule has 9 nitrogen and oxygen atoms in total. The van der Waals surface area contributed by atoms with E-state index in [1.807, 2.05) is 6.92 Å². The third-order valence-corrected chi connectivity index (χ3v) is 6.84. The lowest BCUT2D eigenvalue weighted by Crippen LogP contribution is -2.31. The van der Waals surface area contributed by atoms with Crippen LogP contribution in [0.3, 0.4) is 0 Å². The Bertz CT molecular complexity index is 1320. The van der Waals surface area contributed by atoms with E-state index in [0.717, 1.165) is 18.4 Å². The molecule has 1 aliphatic carbocycles. The molecule has 0 radical (unpaired) electrons. The quantitative estimate of drug-likeness (QED) is 0.280. The van der Waals surface area contributed by atoms with Gasteiger partial charge in [0, 0.05) is 57.0 Å². The summed E-state index contributed by atoms with van der Waals surface area (Å²) in [5.74, 6) is 0.235. The fourth-order valence-electron chi connectivity index (χ4n) is 4.51. The van der Waals surface area contributed by atoms with E-state index in [2.05, 4.69) is 22.9 Å². The first-order chi connectivity index (χ1) is 19.1. The molecule has 1 amide bonds. The summed E-state index contributed by atoms with van der Waals surface area (Å²) in [6, 6.07) is 5.54. The van der Waals surface area contributed by atoms with E-state index >= 15 is 0 Å². The van der Waals surface area contributed by atoms with Crippen LogP contribution in [0.1, 0.15) is 55.0 Å². The van der Waals surface area contributed by atoms with Gasteiger partial charge in [-0.15, -0.1) is 0 Å². The number of hydrogen-bond donors (Lipinski definition) is 5. The Morgan fingerprint density at radius 3 is 2.60 bits per heavy atom. The Hall–Kier alpha value is -3.57. The number of aliphatic imine (C=N–C) groups is 1. The molecule has 2 heterocycles. The number of carbonyl (C=O) groups is 1. The predicted octanol–water partition coefficient (Wildman–Crippen LogP) is 3.50. The van der Waals surface area contributed by atoms with Crippen LogP contribution in [0.5, 0.6) is 5.75 Å². The lowest BCUT2D eigenvalue weighted by molar-refractivity contribution is -0.124. The highest BCUT2D eigenvalue weighted by Gasteiger charge is 2.29. The number of pyridine rings is 1. The Labute approximate surface area is 241 Å². The van der Waals surface area contributed by atoms with Gasteiger partial charge in [-0.25, -0.2) is 9.37 Å². The minimum absolute atomic E-state index is 0.0581. The van der Waals surface area contributed by atoms with Crippen LogP contribution in [0.2, 0.25) is 0 Å².